The van der Waals surface area contributed by atoms with Crippen molar-refractivity contribution < 1.29 is 23.9 Å². The Morgan fingerprint density at radius 2 is 1.42 bits per heavy atom. The second-order valence-corrected chi connectivity index (χ2v) is 8.75. The first-order valence-corrected chi connectivity index (χ1v) is 8.87. The molecule has 0 aromatic carbocycles. The lowest BCUT2D eigenvalue weighted by molar-refractivity contribution is -0.130. The third kappa shape index (κ3) is 7.09. The first-order chi connectivity index (χ1) is 11.7. The Hall–Kier alpha value is -1.99. The molecule has 3 amide bonds. The van der Waals surface area contributed by atoms with E-state index < -0.39 is 29.4 Å². The fraction of sp³-hybridized carbons (Fsp3) is 0.833. The summed E-state index contributed by atoms with van der Waals surface area (Å²) in [5.41, 5.74) is -1.23. The van der Waals surface area contributed by atoms with Crippen molar-refractivity contribution in [1.29, 1.82) is 0 Å². The van der Waals surface area contributed by atoms with Crippen molar-refractivity contribution in [3.05, 3.63) is 0 Å². The van der Waals surface area contributed by atoms with E-state index in [9.17, 15) is 14.4 Å². The quantitative estimate of drug-likeness (QED) is 0.744. The van der Waals surface area contributed by atoms with E-state index in [2.05, 4.69) is 0 Å². The average Bonchev–Trinajstić information content (AvgIpc) is 2.43. The summed E-state index contributed by atoms with van der Waals surface area (Å²) in [6.45, 7) is 11.6. The van der Waals surface area contributed by atoms with Gasteiger partial charge in [-0.1, -0.05) is 0 Å². The van der Waals surface area contributed by atoms with Crippen LogP contribution in [0.4, 0.5) is 9.59 Å². The number of carbonyl (C=O) groups excluding carboxylic acids is 3. The molecule has 1 aliphatic heterocycles. The number of carbonyl (C=O) groups is 3. The van der Waals surface area contributed by atoms with E-state index >= 15 is 0 Å². The predicted octanol–water partition coefficient (Wildman–Crippen LogP) is 2.32. The van der Waals surface area contributed by atoms with Crippen molar-refractivity contribution in [3.8, 4) is 0 Å². The molecule has 1 saturated heterocycles. The molecule has 0 aromatic heterocycles. The molecule has 1 aliphatic rings. The maximum absolute atomic E-state index is 12.5. The van der Waals surface area contributed by atoms with Gasteiger partial charge in [-0.3, -0.25) is 4.79 Å². The van der Waals surface area contributed by atoms with Crippen LogP contribution in [0.2, 0.25) is 0 Å². The zero-order valence-corrected chi connectivity index (χ0v) is 17.3. The fourth-order valence-corrected chi connectivity index (χ4v) is 2.47. The molecule has 0 aromatic rings. The average molecular weight is 371 g/mol. The molecule has 0 N–H and O–H groups in total. The van der Waals surface area contributed by atoms with Gasteiger partial charge in [-0.25, -0.2) is 9.59 Å². The molecule has 0 radical (unpaired) electrons. The van der Waals surface area contributed by atoms with E-state index in [4.69, 9.17) is 9.47 Å². The minimum Gasteiger partial charge on any atom is -0.444 e. The molecule has 0 saturated carbocycles. The highest BCUT2D eigenvalue weighted by Crippen LogP contribution is 2.20. The zero-order valence-electron chi connectivity index (χ0n) is 17.3. The molecule has 1 atom stereocenters. The van der Waals surface area contributed by atoms with Crippen LogP contribution < -0.4 is 0 Å². The molecular formula is C18H33N3O5. The van der Waals surface area contributed by atoms with Gasteiger partial charge in [-0.2, -0.15) is 0 Å². The number of rotatable bonds is 2. The minimum absolute atomic E-state index is 0.116. The van der Waals surface area contributed by atoms with Gasteiger partial charge in [0, 0.05) is 40.2 Å². The molecule has 1 fully saturated rings. The molecule has 1 rings (SSSR count). The van der Waals surface area contributed by atoms with Crippen LogP contribution >= 0.6 is 0 Å². The first kappa shape index (κ1) is 22.1. The van der Waals surface area contributed by atoms with Crippen LogP contribution in [0.3, 0.4) is 0 Å². The van der Waals surface area contributed by atoms with Gasteiger partial charge >= 0.3 is 12.2 Å². The molecule has 0 spiro atoms. The summed E-state index contributed by atoms with van der Waals surface area (Å²) < 4.78 is 10.9. The van der Waals surface area contributed by atoms with Crippen LogP contribution in [0.5, 0.6) is 0 Å². The van der Waals surface area contributed by atoms with Crippen LogP contribution in [0.25, 0.3) is 0 Å². The maximum atomic E-state index is 12.5. The number of piperazine rings is 1. The minimum atomic E-state index is -0.629. The van der Waals surface area contributed by atoms with Crippen LogP contribution in [0.1, 0.15) is 48.0 Å². The van der Waals surface area contributed by atoms with E-state index in [-0.39, 0.29) is 18.9 Å². The number of hydrogen-bond acceptors (Lipinski definition) is 5. The van der Waals surface area contributed by atoms with Crippen LogP contribution in [0.15, 0.2) is 0 Å². The van der Waals surface area contributed by atoms with Crippen LogP contribution in [0, 0.1) is 0 Å². The summed E-state index contributed by atoms with van der Waals surface area (Å²) >= 11 is 0. The Bertz CT molecular complexity index is 534. The molecule has 8 nitrogen and oxygen atoms in total. The van der Waals surface area contributed by atoms with Gasteiger partial charge in [-0.15, -0.1) is 0 Å². The highest BCUT2D eigenvalue weighted by atomic mass is 16.6. The molecule has 0 bridgehead atoms. The molecule has 8 heteroatoms. The van der Waals surface area contributed by atoms with Gasteiger partial charge < -0.3 is 24.2 Å². The highest BCUT2D eigenvalue weighted by molar-refractivity contribution is 5.78. The number of hydrogen-bond donors (Lipinski definition) is 0. The fourth-order valence-electron chi connectivity index (χ4n) is 2.47. The van der Waals surface area contributed by atoms with Crippen molar-refractivity contribution in [1.82, 2.24) is 14.7 Å². The standard InChI is InChI=1S/C18H33N3O5/c1-17(2,3)25-15(23)20-9-10-21(16(24)26-18(4,5)6)13(12-20)11-14(22)19(7)8/h13H,9-12H2,1-8H3. The van der Waals surface area contributed by atoms with E-state index in [1.165, 1.54) is 9.80 Å². The summed E-state index contributed by atoms with van der Waals surface area (Å²) in [5.74, 6) is -0.116. The largest absolute Gasteiger partial charge is 0.444 e. The van der Waals surface area contributed by atoms with Gasteiger partial charge in [0.05, 0.1) is 6.04 Å². The molecular weight excluding hydrogens is 338 g/mol. The smallest absolute Gasteiger partial charge is 0.410 e. The van der Waals surface area contributed by atoms with Crippen molar-refractivity contribution >= 4 is 18.1 Å². The molecule has 0 aliphatic carbocycles. The van der Waals surface area contributed by atoms with E-state index in [0.717, 1.165) is 0 Å². The van der Waals surface area contributed by atoms with Crippen molar-refractivity contribution in [3.63, 3.8) is 0 Å². The Labute approximate surface area is 156 Å². The van der Waals surface area contributed by atoms with Gasteiger partial charge in [0.1, 0.15) is 11.2 Å². The Morgan fingerprint density at radius 1 is 0.923 bits per heavy atom. The summed E-state index contributed by atoms with van der Waals surface area (Å²) in [4.78, 5) is 41.6. The van der Waals surface area contributed by atoms with Crippen molar-refractivity contribution in [2.45, 2.75) is 65.2 Å². The Kier molecular flexibility index (Phi) is 6.90. The van der Waals surface area contributed by atoms with Gasteiger partial charge in [0.25, 0.3) is 0 Å². The summed E-state index contributed by atoms with van der Waals surface area (Å²) in [6, 6.07) is -0.457. The SMILES string of the molecule is CN(C)C(=O)CC1CN(C(=O)OC(C)(C)C)CCN1C(=O)OC(C)(C)C. The number of amides is 3. The Balaban J connectivity index is 2.91. The van der Waals surface area contributed by atoms with E-state index in [0.29, 0.717) is 13.1 Å². The van der Waals surface area contributed by atoms with Crippen molar-refractivity contribution in [2.75, 3.05) is 33.7 Å². The second kappa shape index (κ2) is 8.14. The van der Waals surface area contributed by atoms with E-state index in [1.807, 2.05) is 0 Å². The van der Waals surface area contributed by atoms with Gasteiger partial charge in [0.2, 0.25) is 5.91 Å². The lowest BCUT2D eigenvalue weighted by atomic mass is 10.1. The molecule has 26 heavy (non-hydrogen) atoms. The topological polar surface area (TPSA) is 79.4 Å². The lowest BCUT2D eigenvalue weighted by Gasteiger charge is -2.41. The maximum Gasteiger partial charge on any atom is 0.410 e. The van der Waals surface area contributed by atoms with Crippen LogP contribution in [-0.2, 0) is 14.3 Å². The van der Waals surface area contributed by atoms with Crippen LogP contribution in [-0.4, -0.2) is 83.8 Å². The van der Waals surface area contributed by atoms with Gasteiger partial charge in [0.15, 0.2) is 0 Å². The third-order valence-electron chi connectivity index (χ3n) is 3.67. The summed E-state index contributed by atoms with van der Waals surface area (Å²) in [5, 5.41) is 0. The molecule has 150 valence electrons. The zero-order chi connectivity index (χ0) is 20.3. The molecule has 1 unspecified atom stereocenters. The number of ether oxygens (including phenoxy) is 2. The summed E-state index contributed by atoms with van der Waals surface area (Å²) in [6.07, 6.45) is -0.799. The monoisotopic (exact) mass is 371 g/mol. The predicted molar refractivity (Wildman–Crippen MR) is 97.8 cm³/mol. The lowest BCUT2D eigenvalue weighted by Crippen LogP contribution is -2.58. The van der Waals surface area contributed by atoms with Crippen molar-refractivity contribution in [2.24, 2.45) is 0 Å². The first-order valence-electron chi connectivity index (χ1n) is 8.87. The Morgan fingerprint density at radius 3 is 1.88 bits per heavy atom. The number of nitrogens with zero attached hydrogens (tertiary/aromatic N) is 3. The second-order valence-electron chi connectivity index (χ2n) is 8.75. The van der Waals surface area contributed by atoms with E-state index in [1.54, 1.807) is 60.5 Å². The summed E-state index contributed by atoms with van der Waals surface area (Å²) in [7, 11) is 3.32. The third-order valence-corrected chi connectivity index (χ3v) is 3.67. The van der Waals surface area contributed by atoms with Gasteiger partial charge in [-0.05, 0) is 41.5 Å². The normalized spacial score (nSPS) is 18.4. The highest BCUT2D eigenvalue weighted by Gasteiger charge is 2.37. The molecule has 1 heterocycles.